The van der Waals surface area contributed by atoms with Gasteiger partial charge in [-0.1, -0.05) is 41.9 Å². The van der Waals surface area contributed by atoms with E-state index in [-0.39, 0.29) is 35.4 Å². The largest absolute Gasteiger partial charge is 0.462 e. The molecule has 1 atom stereocenters. The zero-order valence-electron chi connectivity index (χ0n) is 18.6. The number of carbonyl (C=O) groups is 2. The summed E-state index contributed by atoms with van der Waals surface area (Å²) >= 11 is 6.08. The number of amides is 1. The van der Waals surface area contributed by atoms with Gasteiger partial charge < -0.3 is 10.1 Å². The number of rotatable bonds is 9. The van der Waals surface area contributed by atoms with Crippen molar-refractivity contribution in [1.29, 1.82) is 0 Å². The van der Waals surface area contributed by atoms with Crippen molar-refractivity contribution in [2.45, 2.75) is 32.6 Å². The number of carbonyl (C=O) groups excluding carboxylic acids is 2. The second-order valence-corrected chi connectivity index (χ2v) is 10.5. The Balaban J connectivity index is 1.58. The van der Waals surface area contributed by atoms with Gasteiger partial charge in [0.05, 0.1) is 28.9 Å². The number of hydrogen-bond acceptors (Lipinski definition) is 5. The first-order valence-electron chi connectivity index (χ1n) is 11.1. The average molecular weight is 493 g/mol. The Kier molecular flexibility index (Phi) is 8.88. The van der Waals surface area contributed by atoms with Crippen molar-refractivity contribution < 1.29 is 22.7 Å². The van der Waals surface area contributed by atoms with Gasteiger partial charge in [0.2, 0.25) is 15.9 Å². The number of aryl methyl sites for hydroxylation is 1. The maximum atomic E-state index is 12.8. The molecular weight excluding hydrogens is 464 g/mol. The molecule has 0 bridgehead atoms. The molecule has 1 heterocycles. The highest BCUT2D eigenvalue weighted by molar-refractivity contribution is 7.89. The number of sulfonamides is 1. The van der Waals surface area contributed by atoms with E-state index in [1.54, 1.807) is 13.0 Å². The Hall–Kier alpha value is -2.42. The van der Waals surface area contributed by atoms with E-state index in [0.717, 1.165) is 5.56 Å². The van der Waals surface area contributed by atoms with Gasteiger partial charge >= 0.3 is 5.97 Å². The van der Waals surface area contributed by atoms with E-state index < -0.39 is 21.9 Å². The third-order valence-electron chi connectivity index (χ3n) is 5.59. The molecule has 33 heavy (non-hydrogen) atoms. The van der Waals surface area contributed by atoms with Gasteiger partial charge in [0, 0.05) is 18.8 Å². The number of nitrogens with zero attached hydrogens (tertiary/aromatic N) is 1. The van der Waals surface area contributed by atoms with Crippen molar-refractivity contribution in [2.24, 2.45) is 5.92 Å². The van der Waals surface area contributed by atoms with Crippen LogP contribution in [0.1, 0.15) is 42.1 Å². The van der Waals surface area contributed by atoms with Crippen LogP contribution in [-0.2, 0) is 26.0 Å². The van der Waals surface area contributed by atoms with E-state index in [2.05, 4.69) is 5.32 Å². The monoisotopic (exact) mass is 492 g/mol. The number of halogens is 1. The van der Waals surface area contributed by atoms with Crippen molar-refractivity contribution in [3.05, 3.63) is 64.7 Å². The number of nitrogens with one attached hydrogen (secondary N) is 1. The zero-order chi connectivity index (χ0) is 23.8. The Morgan fingerprint density at radius 2 is 1.94 bits per heavy atom. The number of ether oxygens (including phenoxy) is 1. The molecular formula is C24H29ClN2O5S. The zero-order valence-corrected chi connectivity index (χ0v) is 20.2. The van der Waals surface area contributed by atoms with Crippen LogP contribution >= 0.6 is 11.6 Å². The van der Waals surface area contributed by atoms with Gasteiger partial charge in [0.15, 0.2) is 0 Å². The van der Waals surface area contributed by atoms with Crippen LogP contribution in [0.15, 0.2) is 48.5 Å². The average Bonchev–Trinajstić information content (AvgIpc) is 2.81. The molecule has 0 unspecified atom stereocenters. The molecule has 9 heteroatoms. The third-order valence-corrected chi connectivity index (χ3v) is 7.84. The maximum Gasteiger partial charge on any atom is 0.339 e. The Bertz CT molecular complexity index is 1080. The lowest BCUT2D eigenvalue weighted by Gasteiger charge is -2.31. The SMILES string of the molecule is CCOC(=O)c1cc(NC(=O)[C@H]2CCCN(S(=O)(=O)CCCc3ccccc3)C2)ccc1Cl. The highest BCUT2D eigenvalue weighted by Gasteiger charge is 2.32. The molecule has 1 fully saturated rings. The molecule has 3 rings (SSSR count). The molecule has 0 saturated carbocycles. The number of hydrogen-bond donors (Lipinski definition) is 1. The van der Waals surface area contributed by atoms with Gasteiger partial charge in [0.1, 0.15) is 0 Å². The molecule has 1 aliphatic heterocycles. The number of esters is 1. The molecule has 1 saturated heterocycles. The Labute approximate surface area is 200 Å². The minimum Gasteiger partial charge on any atom is -0.462 e. The third kappa shape index (κ3) is 7.03. The van der Waals surface area contributed by atoms with E-state index >= 15 is 0 Å². The highest BCUT2D eigenvalue weighted by atomic mass is 35.5. The number of anilines is 1. The molecule has 7 nitrogen and oxygen atoms in total. The molecule has 0 radical (unpaired) electrons. The molecule has 0 aliphatic carbocycles. The fraction of sp³-hybridized carbons (Fsp3) is 0.417. The Morgan fingerprint density at radius 1 is 1.18 bits per heavy atom. The smallest absolute Gasteiger partial charge is 0.339 e. The lowest BCUT2D eigenvalue weighted by atomic mass is 9.98. The highest BCUT2D eigenvalue weighted by Crippen LogP contribution is 2.25. The minimum absolute atomic E-state index is 0.0519. The summed E-state index contributed by atoms with van der Waals surface area (Å²) in [6.45, 7) is 2.48. The van der Waals surface area contributed by atoms with Gasteiger partial charge in [-0.05, 0) is 56.4 Å². The van der Waals surface area contributed by atoms with Gasteiger partial charge in [-0.15, -0.1) is 0 Å². The normalized spacial score (nSPS) is 16.8. The van der Waals surface area contributed by atoms with Gasteiger partial charge in [-0.3, -0.25) is 4.79 Å². The van der Waals surface area contributed by atoms with Crippen LogP contribution < -0.4 is 5.32 Å². The number of benzene rings is 2. The van der Waals surface area contributed by atoms with Gasteiger partial charge in [-0.2, -0.15) is 0 Å². The molecule has 1 N–H and O–H groups in total. The molecule has 2 aromatic rings. The van der Waals surface area contributed by atoms with Crippen LogP contribution in [0.5, 0.6) is 0 Å². The van der Waals surface area contributed by atoms with E-state index in [1.807, 2.05) is 30.3 Å². The van der Waals surface area contributed by atoms with Crippen molar-refractivity contribution in [3.8, 4) is 0 Å². The van der Waals surface area contributed by atoms with Crippen molar-refractivity contribution >= 4 is 39.2 Å². The van der Waals surface area contributed by atoms with Crippen molar-refractivity contribution in [1.82, 2.24) is 4.31 Å². The van der Waals surface area contributed by atoms with Crippen LogP contribution in [0, 0.1) is 5.92 Å². The van der Waals surface area contributed by atoms with Crippen LogP contribution in [0.3, 0.4) is 0 Å². The van der Waals surface area contributed by atoms with Crippen LogP contribution in [0.4, 0.5) is 5.69 Å². The van der Waals surface area contributed by atoms with E-state index in [9.17, 15) is 18.0 Å². The first-order valence-corrected chi connectivity index (χ1v) is 13.1. The molecule has 178 valence electrons. The summed E-state index contributed by atoms with van der Waals surface area (Å²) in [5.74, 6) is -1.26. The lowest BCUT2D eigenvalue weighted by molar-refractivity contribution is -0.120. The summed E-state index contributed by atoms with van der Waals surface area (Å²) in [6, 6.07) is 14.4. The molecule has 1 amide bonds. The fourth-order valence-electron chi connectivity index (χ4n) is 3.85. The number of piperidine rings is 1. The van der Waals surface area contributed by atoms with Crippen molar-refractivity contribution in [3.63, 3.8) is 0 Å². The second-order valence-electron chi connectivity index (χ2n) is 8.01. The van der Waals surface area contributed by atoms with E-state index in [1.165, 1.54) is 16.4 Å². The summed E-state index contributed by atoms with van der Waals surface area (Å²) < 4.78 is 32.1. The summed E-state index contributed by atoms with van der Waals surface area (Å²) in [5, 5.41) is 3.02. The van der Waals surface area contributed by atoms with Gasteiger partial charge in [-0.25, -0.2) is 17.5 Å². The van der Waals surface area contributed by atoms with Crippen LogP contribution in [0.25, 0.3) is 0 Å². The molecule has 1 aliphatic rings. The standard InChI is InChI=1S/C24H29ClN2O5S/c1-2-32-24(29)21-16-20(12-13-22(21)25)26-23(28)19-11-6-14-27(17-19)33(30,31)15-7-10-18-8-4-3-5-9-18/h3-5,8-9,12-13,16,19H,2,6-7,10-11,14-15,17H2,1H3,(H,26,28)/t19-/m0/s1. The van der Waals surface area contributed by atoms with Crippen molar-refractivity contribution in [2.75, 3.05) is 30.8 Å². The first-order chi connectivity index (χ1) is 15.8. The molecule has 2 aromatic carbocycles. The minimum atomic E-state index is -3.45. The topological polar surface area (TPSA) is 92.8 Å². The first kappa shape index (κ1) is 25.2. The maximum absolute atomic E-state index is 12.8. The summed E-state index contributed by atoms with van der Waals surface area (Å²) in [4.78, 5) is 24.9. The summed E-state index contributed by atoms with van der Waals surface area (Å²) in [5.41, 5.74) is 1.69. The quantitative estimate of drug-likeness (QED) is 0.531. The second kappa shape index (κ2) is 11.6. The molecule has 0 aromatic heterocycles. The van der Waals surface area contributed by atoms with Gasteiger partial charge in [0.25, 0.3) is 0 Å². The fourth-order valence-corrected chi connectivity index (χ4v) is 5.63. The summed E-state index contributed by atoms with van der Waals surface area (Å²) in [7, 11) is -3.45. The van der Waals surface area contributed by atoms with E-state index in [0.29, 0.717) is 37.9 Å². The predicted octanol–water partition coefficient (Wildman–Crippen LogP) is 4.13. The lowest BCUT2D eigenvalue weighted by Crippen LogP contribution is -2.44. The summed E-state index contributed by atoms with van der Waals surface area (Å²) in [6.07, 6.45) is 2.43. The van der Waals surface area contributed by atoms with Crippen LogP contribution in [0.2, 0.25) is 5.02 Å². The Morgan fingerprint density at radius 3 is 2.67 bits per heavy atom. The van der Waals surface area contributed by atoms with E-state index in [4.69, 9.17) is 16.3 Å². The molecule has 0 spiro atoms. The van der Waals surface area contributed by atoms with Crippen LogP contribution in [-0.4, -0.2) is 50.0 Å². The predicted molar refractivity (Wildman–Crippen MR) is 129 cm³/mol.